The lowest BCUT2D eigenvalue weighted by Crippen LogP contribution is -2.46. The first kappa shape index (κ1) is 25.3. The summed E-state index contributed by atoms with van der Waals surface area (Å²) in [6.07, 6.45) is -3.25. The predicted octanol–water partition coefficient (Wildman–Crippen LogP) is 3.68. The largest absolute Gasteiger partial charge is 0.497 e. The van der Waals surface area contributed by atoms with Gasteiger partial charge in [-0.2, -0.15) is 13.2 Å². The minimum atomic E-state index is -4.49. The summed E-state index contributed by atoms with van der Waals surface area (Å²) in [5.41, 5.74) is -0.677. The van der Waals surface area contributed by atoms with Gasteiger partial charge in [-0.3, -0.25) is 4.79 Å². The van der Waals surface area contributed by atoms with E-state index in [1.165, 1.54) is 26.4 Å². The quantitative estimate of drug-likeness (QED) is 0.273. The molecule has 0 atom stereocenters. The zero-order valence-electron chi connectivity index (χ0n) is 16.7. The van der Waals surface area contributed by atoms with Gasteiger partial charge in [0, 0.05) is 19.6 Å². The first-order chi connectivity index (χ1) is 13.3. The Hall–Kier alpha value is -1.72. The maximum atomic E-state index is 13.4. The number of esters is 1. The molecule has 0 unspecified atom stereocenters. The zero-order chi connectivity index (χ0) is 20.7. The van der Waals surface area contributed by atoms with Crippen LogP contribution in [0.2, 0.25) is 0 Å². The van der Waals surface area contributed by atoms with Crippen LogP contribution in [-0.4, -0.2) is 50.7 Å². The molecule has 0 bridgehead atoms. The van der Waals surface area contributed by atoms with E-state index < -0.39 is 11.7 Å². The fraction of sp³-hybridized carbons (Fsp3) is 0.579. The molecule has 0 aromatic heterocycles. The lowest BCUT2D eigenvalue weighted by molar-refractivity contribution is -0.146. The van der Waals surface area contributed by atoms with Crippen molar-refractivity contribution in [2.45, 2.75) is 32.5 Å². The number of benzene rings is 1. The molecule has 2 rings (SSSR count). The maximum Gasteiger partial charge on any atom is 0.416 e. The molecule has 0 radical (unpaired) electrons. The van der Waals surface area contributed by atoms with Gasteiger partial charge < -0.3 is 19.7 Å². The highest BCUT2D eigenvalue weighted by Gasteiger charge is 2.34. The summed E-state index contributed by atoms with van der Waals surface area (Å²) >= 11 is 0. The summed E-state index contributed by atoms with van der Waals surface area (Å²) in [6.45, 7) is 3.54. The Kier molecular flexibility index (Phi) is 10.0. The molecule has 0 amide bonds. The molecule has 0 saturated carbocycles. The van der Waals surface area contributed by atoms with Gasteiger partial charge in [-0.15, -0.1) is 24.0 Å². The highest BCUT2D eigenvalue weighted by atomic mass is 127. The molecule has 29 heavy (non-hydrogen) atoms. The number of hydrogen-bond donors (Lipinski definition) is 1. The molecule has 0 spiro atoms. The highest BCUT2D eigenvalue weighted by molar-refractivity contribution is 14.0. The number of alkyl halides is 3. The molecular formula is C19H27F3IN3O3. The lowest BCUT2D eigenvalue weighted by atomic mass is 9.97. The molecule has 1 aliphatic heterocycles. The van der Waals surface area contributed by atoms with E-state index in [9.17, 15) is 18.0 Å². The number of methoxy groups -OCH3 is 2. The maximum absolute atomic E-state index is 13.4. The predicted molar refractivity (Wildman–Crippen MR) is 115 cm³/mol. The first-order valence-electron chi connectivity index (χ1n) is 9.15. The van der Waals surface area contributed by atoms with Gasteiger partial charge >= 0.3 is 12.1 Å². The normalized spacial score (nSPS) is 15.5. The zero-order valence-corrected chi connectivity index (χ0v) is 19.0. The number of guanidine groups is 1. The number of rotatable bonds is 5. The van der Waals surface area contributed by atoms with E-state index in [0.717, 1.165) is 6.07 Å². The number of halogens is 4. The number of carbonyl (C=O) groups excluding carboxylic acids is 1. The Labute approximate surface area is 185 Å². The van der Waals surface area contributed by atoms with E-state index in [4.69, 9.17) is 9.47 Å². The molecule has 1 heterocycles. The van der Waals surface area contributed by atoms with E-state index >= 15 is 0 Å². The third kappa shape index (κ3) is 6.93. The molecule has 10 heteroatoms. The summed E-state index contributed by atoms with van der Waals surface area (Å²) in [7, 11) is 2.70. The number of carbonyl (C=O) groups is 1. The van der Waals surface area contributed by atoms with Crippen LogP contribution in [0.1, 0.15) is 30.9 Å². The first-order valence-corrected chi connectivity index (χ1v) is 9.15. The Balaban J connectivity index is 0.00000420. The number of aliphatic imine (C=N–C) groups is 1. The number of nitrogens with zero attached hydrogens (tertiary/aromatic N) is 2. The van der Waals surface area contributed by atoms with Gasteiger partial charge in [-0.05, 0) is 37.5 Å². The monoisotopic (exact) mass is 529 g/mol. The lowest BCUT2D eigenvalue weighted by Gasteiger charge is -2.33. The minimum absolute atomic E-state index is 0. The molecule has 1 N–H and O–H groups in total. The summed E-state index contributed by atoms with van der Waals surface area (Å²) in [5.74, 6) is 0.309. The van der Waals surface area contributed by atoms with Crippen LogP contribution >= 0.6 is 24.0 Å². The molecule has 6 nitrogen and oxygen atoms in total. The van der Waals surface area contributed by atoms with Crippen molar-refractivity contribution in [3.8, 4) is 5.75 Å². The van der Waals surface area contributed by atoms with E-state index in [1.54, 1.807) is 0 Å². The number of likely N-dealkylation sites (tertiary alicyclic amines) is 1. The van der Waals surface area contributed by atoms with Gasteiger partial charge in [-0.1, -0.05) is 6.07 Å². The average molecular weight is 529 g/mol. The molecule has 0 aliphatic carbocycles. The van der Waals surface area contributed by atoms with Crippen molar-refractivity contribution in [1.82, 2.24) is 10.2 Å². The topological polar surface area (TPSA) is 63.2 Å². The van der Waals surface area contributed by atoms with E-state index in [0.29, 0.717) is 38.4 Å². The van der Waals surface area contributed by atoms with Crippen LogP contribution in [0, 0.1) is 5.92 Å². The molecule has 1 aromatic carbocycles. The fourth-order valence-electron chi connectivity index (χ4n) is 3.16. The summed E-state index contributed by atoms with van der Waals surface area (Å²) in [6, 6.07) is 3.87. The van der Waals surface area contributed by atoms with Crippen LogP contribution in [0.4, 0.5) is 13.2 Å². The smallest absolute Gasteiger partial charge is 0.416 e. The minimum Gasteiger partial charge on any atom is -0.497 e. The summed E-state index contributed by atoms with van der Waals surface area (Å²) in [4.78, 5) is 18.0. The van der Waals surface area contributed by atoms with Gasteiger partial charge in [0.1, 0.15) is 5.75 Å². The fourth-order valence-corrected chi connectivity index (χ4v) is 3.16. The highest BCUT2D eigenvalue weighted by Crippen LogP contribution is 2.34. The second kappa shape index (κ2) is 11.5. The van der Waals surface area contributed by atoms with Crippen molar-refractivity contribution < 1.29 is 27.4 Å². The Bertz CT molecular complexity index is 706. The molecule has 1 aromatic rings. The molecular weight excluding hydrogens is 502 g/mol. The molecule has 1 aliphatic rings. The average Bonchev–Trinajstić information content (AvgIpc) is 2.69. The number of ether oxygens (including phenoxy) is 2. The van der Waals surface area contributed by atoms with Crippen LogP contribution in [0.5, 0.6) is 5.75 Å². The molecule has 164 valence electrons. The van der Waals surface area contributed by atoms with Gasteiger partial charge in [-0.25, -0.2) is 4.99 Å². The summed E-state index contributed by atoms with van der Waals surface area (Å²) < 4.78 is 49.8. The van der Waals surface area contributed by atoms with Crippen LogP contribution in [0.3, 0.4) is 0 Å². The SMILES string of the molecule is CCNC(=NCc1ccc(OC)cc1C(F)(F)F)N1CCC(C(=O)OC)CC1.I. The van der Waals surface area contributed by atoms with Gasteiger partial charge in [0.15, 0.2) is 5.96 Å². The third-order valence-electron chi connectivity index (χ3n) is 4.69. The van der Waals surface area contributed by atoms with Crippen LogP contribution in [-0.2, 0) is 22.3 Å². The van der Waals surface area contributed by atoms with Crippen LogP contribution < -0.4 is 10.1 Å². The number of piperidine rings is 1. The molecule has 1 fully saturated rings. The number of nitrogens with one attached hydrogen (secondary N) is 1. The van der Waals surface area contributed by atoms with Crippen molar-refractivity contribution in [2.24, 2.45) is 10.9 Å². The second-order valence-electron chi connectivity index (χ2n) is 6.48. The van der Waals surface area contributed by atoms with Crippen molar-refractivity contribution in [3.63, 3.8) is 0 Å². The second-order valence-corrected chi connectivity index (χ2v) is 6.48. The van der Waals surface area contributed by atoms with Gasteiger partial charge in [0.05, 0.1) is 32.2 Å². The third-order valence-corrected chi connectivity index (χ3v) is 4.69. The Morgan fingerprint density at radius 2 is 1.93 bits per heavy atom. The van der Waals surface area contributed by atoms with E-state index in [1.807, 2.05) is 11.8 Å². The number of hydrogen-bond acceptors (Lipinski definition) is 4. The van der Waals surface area contributed by atoms with Crippen molar-refractivity contribution >= 4 is 35.9 Å². The van der Waals surface area contributed by atoms with E-state index in [-0.39, 0.29) is 53.7 Å². The van der Waals surface area contributed by atoms with Crippen molar-refractivity contribution in [1.29, 1.82) is 0 Å². The van der Waals surface area contributed by atoms with Crippen molar-refractivity contribution in [2.75, 3.05) is 33.9 Å². The van der Waals surface area contributed by atoms with Gasteiger partial charge in [0.2, 0.25) is 0 Å². The van der Waals surface area contributed by atoms with Crippen molar-refractivity contribution in [3.05, 3.63) is 29.3 Å². The van der Waals surface area contributed by atoms with Gasteiger partial charge in [0.25, 0.3) is 0 Å². The standard InChI is InChI=1S/C19H26F3N3O3.HI/c1-4-23-18(25-9-7-13(8-10-25)17(26)28-3)24-12-14-5-6-15(27-2)11-16(14)19(20,21)22;/h5-6,11,13H,4,7-10,12H2,1-3H3,(H,23,24);1H. The van der Waals surface area contributed by atoms with E-state index in [2.05, 4.69) is 10.3 Å². The molecule has 1 saturated heterocycles. The van der Waals surface area contributed by atoms with Crippen LogP contribution in [0.15, 0.2) is 23.2 Å². The van der Waals surface area contributed by atoms with Crippen LogP contribution in [0.25, 0.3) is 0 Å². The Morgan fingerprint density at radius 3 is 2.45 bits per heavy atom. The Morgan fingerprint density at radius 1 is 1.28 bits per heavy atom. The summed E-state index contributed by atoms with van der Waals surface area (Å²) in [5, 5.41) is 3.12.